The predicted molar refractivity (Wildman–Crippen MR) is 87.9 cm³/mol. The predicted octanol–water partition coefficient (Wildman–Crippen LogP) is 2.84. The van der Waals surface area contributed by atoms with Crippen LogP contribution in [-0.2, 0) is 4.79 Å². The average Bonchev–Trinajstić information content (AvgIpc) is 2.54. The lowest BCUT2D eigenvalue weighted by Crippen LogP contribution is -2.38. The van der Waals surface area contributed by atoms with E-state index in [-0.39, 0.29) is 23.0 Å². The van der Waals surface area contributed by atoms with Crippen LogP contribution in [0.15, 0.2) is 21.3 Å². The molecule has 2 heterocycles. The van der Waals surface area contributed by atoms with E-state index in [0.29, 0.717) is 34.4 Å². The lowest BCUT2D eigenvalue weighted by molar-refractivity contribution is -0.130. The number of hydrogen-bond donors (Lipinski definition) is 1. The van der Waals surface area contributed by atoms with Crippen LogP contribution in [0, 0.1) is 13.8 Å². The minimum Gasteiger partial charge on any atom is -0.508 e. The molecule has 1 saturated heterocycles. The molecule has 5 heteroatoms. The van der Waals surface area contributed by atoms with Gasteiger partial charge in [-0.1, -0.05) is 0 Å². The topological polar surface area (TPSA) is 70.8 Å². The van der Waals surface area contributed by atoms with E-state index in [9.17, 15) is 14.7 Å². The standard InChI is InChI=1S/C18H21NO4/c1-10-15(21)7-6-14-16(22)11(2)17(23-18(10)14)13-5-4-8-19(9-13)12(3)20/h6-7,13,21H,4-5,8-9H2,1-3H3. The molecular formula is C18H21NO4. The normalized spacial score (nSPS) is 18.4. The first-order valence-corrected chi connectivity index (χ1v) is 7.91. The number of amides is 1. The van der Waals surface area contributed by atoms with Gasteiger partial charge in [0.05, 0.1) is 5.39 Å². The van der Waals surface area contributed by atoms with Crippen molar-refractivity contribution in [1.82, 2.24) is 4.90 Å². The molecule has 0 spiro atoms. The Morgan fingerprint density at radius 2 is 2.04 bits per heavy atom. The van der Waals surface area contributed by atoms with Crippen molar-refractivity contribution >= 4 is 16.9 Å². The number of benzene rings is 1. The fraction of sp³-hybridized carbons (Fsp3) is 0.444. The van der Waals surface area contributed by atoms with Gasteiger partial charge in [-0.15, -0.1) is 0 Å². The maximum atomic E-state index is 12.6. The number of aromatic hydroxyl groups is 1. The van der Waals surface area contributed by atoms with Crippen LogP contribution in [0.5, 0.6) is 5.75 Å². The Kier molecular flexibility index (Phi) is 3.88. The lowest BCUT2D eigenvalue weighted by Gasteiger charge is -2.32. The van der Waals surface area contributed by atoms with Gasteiger partial charge in [0.25, 0.3) is 0 Å². The van der Waals surface area contributed by atoms with Crippen LogP contribution in [0.4, 0.5) is 0 Å². The Morgan fingerprint density at radius 1 is 1.30 bits per heavy atom. The molecule has 5 nitrogen and oxygen atoms in total. The summed E-state index contributed by atoms with van der Waals surface area (Å²) in [4.78, 5) is 26.1. The number of likely N-dealkylation sites (tertiary alicyclic amines) is 1. The number of carbonyl (C=O) groups is 1. The molecule has 1 N–H and O–H groups in total. The zero-order chi connectivity index (χ0) is 16.7. The highest BCUT2D eigenvalue weighted by molar-refractivity contribution is 5.82. The highest BCUT2D eigenvalue weighted by Crippen LogP contribution is 2.32. The summed E-state index contributed by atoms with van der Waals surface area (Å²) < 4.78 is 6.05. The minimum atomic E-state index is -0.0655. The Hall–Kier alpha value is -2.30. The number of aryl methyl sites for hydroxylation is 1. The maximum Gasteiger partial charge on any atom is 0.219 e. The molecule has 1 aromatic heterocycles. The number of phenolic OH excluding ortho intramolecular Hbond substituents is 1. The van der Waals surface area contributed by atoms with Gasteiger partial charge >= 0.3 is 0 Å². The van der Waals surface area contributed by atoms with Crippen LogP contribution in [0.3, 0.4) is 0 Å². The van der Waals surface area contributed by atoms with Crippen molar-refractivity contribution in [3.63, 3.8) is 0 Å². The molecule has 0 radical (unpaired) electrons. The van der Waals surface area contributed by atoms with Gasteiger partial charge in [-0.2, -0.15) is 0 Å². The summed E-state index contributed by atoms with van der Waals surface area (Å²) >= 11 is 0. The fourth-order valence-corrected chi connectivity index (χ4v) is 3.36. The van der Waals surface area contributed by atoms with Crippen molar-refractivity contribution in [2.75, 3.05) is 13.1 Å². The van der Waals surface area contributed by atoms with Crippen LogP contribution in [-0.4, -0.2) is 29.0 Å². The third-order valence-corrected chi connectivity index (χ3v) is 4.78. The van der Waals surface area contributed by atoms with Gasteiger partial charge in [-0.3, -0.25) is 9.59 Å². The summed E-state index contributed by atoms with van der Waals surface area (Å²) in [5.74, 6) is 0.822. The lowest BCUT2D eigenvalue weighted by atomic mass is 9.92. The molecule has 2 aromatic rings. The van der Waals surface area contributed by atoms with E-state index < -0.39 is 0 Å². The zero-order valence-corrected chi connectivity index (χ0v) is 13.7. The second-order valence-electron chi connectivity index (χ2n) is 6.31. The third kappa shape index (κ3) is 2.60. The van der Waals surface area contributed by atoms with Gasteiger partial charge < -0.3 is 14.4 Å². The number of hydrogen-bond acceptors (Lipinski definition) is 4. The van der Waals surface area contributed by atoms with E-state index in [1.807, 2.05) is 0 Å². The third-order valence-electron chi connectivity index (χ3n) is 4.78. The first-order valence-electron chi connectivity index (χ1n) is 7.91. The number of piperidine rings is 1. The second kappa shape index (κ2) is 5.72. The zero-order valence-electron chi connectivity index (χ0n) is 13.7. The van der Waals surface area contributed by atoms with Gasteiger partial charge in [0.1, 0.15) is 17.1 Å². The summed E-state index contributed by atoms with van der Waals surface area (Å²) in [6.45, 7) is 6.40. The molecule has 3 rings (SSSR count). The molecule has 1 aliphatic heterocycles. The Morgan fingerprint density at radius 3 is 2.74 bits per heavy atom. The Labute approximate surface area is 134 Å². The smallest absolute Gasteiger partial charge is 0.219 e. The molecule has 23 heavy (non-hydrogen) atoms. The Balaban J connectivity index is 2.14. The van der Waals surface area contributed by atoms with Crippen LogP contribution in [0.1, 0.15) is 42.6 Å². The molecule has 1 unspecified atom stereocenters. The van der Waals surface area contributed by atoms with Crippen molar-refractivity contribution < 1.29 is 14.3 Å². The van der Waals surface area contributed by atoms with Crippen molar-refractivity contribution in [1.29, 1.82) is 0 Å². The number of fused-ring (bicyclic) bond motifs is 1. The number of rotatable bonds is 1. The maximum absolute atomic E-state index is 12.6. The first kappa shape index (κ1) is 15.6. The molecule has 0 bridgehead atoms. The van der Waals surface area contributed by atoms with E-state index in [4.69, 9.17) is 4.42 Å². The molecule has 1 fully saturated rings. The summed E-state index contributed by atoms with van der Waals surface area (Å²) in [5.41, 5.74) is 1.54. The summed E-state index contributed by atoms with van der Waals surface area (Å²) in [5, 5.41) is 10.4. The highest BCUT2D eigenvalue weighted by Gasteiger charge is 2.27. The molecule has 0 aliphatic carbocycles. The van der Waals surface area contributed by atoms with Crippen LogP contribution in [0.2, 0.25) is 0 Å². The van der Waals surface area contributed by atoms with E-state index in [0.717, 1.165) is 19.4 Å². The molecule has 0 saturated carbocycles. The molecule has 1 aliphatic rings. The number of nitrogens with zero attached hydrogens (tertiary/aromatic N) is 1. The first-order chi connectivity index (χ1) is 10.9. The second-order valence-corrected chi connectivity index (χ2v) is 6.31. The molecule has 1 amide bonds. The van der Waals surface area contributed by atoms with Gasteiger partial charge in [0.2, 0.25) is 5.91 Å². The van der Waals surface area contributed by atoms with Gasteiger partial charge in [0, 0.05) is 37.1 Å². The summed E-state index contributed by atoms with van der Waals surface area (Å²) in [7, 11) is 0. The summed E-state index contributed by atoms with van der Waals surface area (Å²) in [6.07, 6.45) is 1.78. The van der Waals surface area contributed by atoms with Gasteiger partial charge in [0.15, 0.2) is 5.43 Å². The van der Waals surface area contributed by atoms with Gasteiger partial charge in [-0.05, 0) is 38.8 Å². The van der Waals surface area contributed by atoms with Crippen LogP contribution >= 0.6 is 0 Å². The van der Waals surface area contributed by atoms with Crippen LogP contribution < -0.4 is 5.43 Å². The summed E-state index contributed by atoms with van der Waals surface area (Å²) in [6, 6.07) is 3.12. The highest BCUT2D eigenvalue weighted by atomic mass is 16.3. The van der Waals surface area contributed by atoms with E-state index >= 15 is 0 Å². The van der Waals surface area contributed by atoms with Gasteiger partial charge in [-0.25, -0.2) is 0 Å². The fourth-order valence-electron chi connectivity index (χ4n) is 3.36. The monoisotopic (exact) mass is 315 g/mol. The van der Waals surface area contributed by atoms with Crippen molar-refractivity contribution in [2.45, 2.75) is 39.5 Å². The van der Waals surface area contributed by atoms with E-state index in [2.05, 4.69) is 0 Å². The molecule has 1 atom stereocenters. The van der Waals surface area contributed by atoms with Crippen molar-refractivity contribution in [2.24, 2.45) is 0 Å². The van der Waals surface area contributed by atoms with E-state index in [1.54, 1.807) is 31.7 Å². The molecule has 1 aromatic carbocycles. The van der Waals surface area contributed by atoms with Crippen molar-refractivity contribution in [3.8, 4) is 5.75 Å². The largest absolute Gasteiger partial charge is 0.508 e. The number of phenols is 1. The molecule has 122 valence electrons. The quantitative estimate of drug-likeness (QED) is 0.878. The number of carbonyl (C=O) groups excluding carboxylic acids is 1. The minimum absolute atomic E-state index is 0.0199. The van der Waals surface area contributed by atoms with Crippen molar-refractivity contribution in [3.05, 3.63) is 39.2 Å². The molecular weight excluding hydrogens is 294 g/mol. The van der Waals surface area contributed by atoms with E-state index in [1.165, 1.54) is 6.07 Å². The van der Waals surface area contributed by atoms with Crippen LogP contribution in [0.25, 0.3) is 11.0 Å². The average molecular weight is 315 g/mol. The SMILES string of the molecule is CC(=O)N1CCCC(c2oc3c(C)c(O)ccc3c(=O)c2C)C1. The Bertz CT molecular complexity index is 837.